The summed E-state index contributed by atoms with van der Waals surface area (Å²) in [5.41, 5.74) is 1.21. The van der Waals surface area contributed by atoms with E-state index in [4.69, 9.17) is 4.52 Å². The van der Waals surface area contributed by atoms with Crippen LogP contribution in [0.5, 0.6) is 0 Å². The van der Waals surface area contributed by atoms with E-state index in [1.165, 1.54) is 28.7 Å². The molecule has 1 aliphatic rings. The first-order valence-corrected chi connectivity index (χ1v) is 10.6. The molecule has 27 heavy (non-hydrogen) atoms. The molecule has 4 rings (SSSR count). The highest BCUT2D eigenvalue weighted by atomic mass is 32.2. The lowest BCUT2D eigenvalue weighted by atomic mass is 9.96. The molecule has 10 heteroatoms. The summed E-state index contributed by atoms with van der Waals surface area (Å²) in [6.45, 7) is 0.816. The van der Waals surface area contributed by atoms with Crippen molar-refractivity contribution in [3.05, 3.63) is 41.7 Å². The maximum Gasteiger partial charge on any atom is 0.325 e. The van der Waals surface area contributed by atoms with Gasteiger partial charge in [0.1, 0.15) is 0 Å². The van der Waals surface area contributed by atoms with Crippen molar-refractivity contribution in [1.82, 2.24) is 20.3 Å². The van der Waals surface area contributed by atoms with Crippen LogP contribution in [-0.4, -0.2) is 39.0 Å². The number of nitrogens with zero attached hydrogens (tertiary/aromatic N) is 5. The molecule has 0 spiro atoms. The standard InChI is InChI=1S/C17H18N6O2S2/c1-26-17-21-20-15(27-17)19-14(24)13-18-16(25-22-13)23-10-6-5-9-12(23)11-7-3-2-4-8-11/h2-4,7-8,12H,5-6,9-10H2,1H3,(H,19,20,24). The quantitative estimate of drug-likeness (QED) is 0.510. The molecule has 3 heterocycles. The van der Waals surface area contributed by atoms with Crippen LogP contribution in [0.4, 0.5) is 11.1 Å². The second-order valence-corrected chi connectivity index (χ2v) is 8.08. The summed E-state index contributed by atoms with van der Waals surface area (Å²) in [6.07, 6.45) is 5.11. The summed E-state index contributed by atoms with van der Waals surface area (Å²) < 4.78 is 6.18. The van der Waals surface area contributed by atoms with Crippen molar-refractivity contribution in [3.8, 4) is 0 Å². The summed E-state index contributed by atoms with van der Waals surface area (Å²) >= 11 is 2.77. The van der Waals surface area contributed by atoms with Crippen LogP contribution in [0.15, 0.2) is 39.2 Å². The Kier molecular flexibility index (Phi) is 5.35. The molecule has 140 valence electrons. The molecule has 0 bridgehead atoms. The van der Waals surface area contributed by atoms with Crippen LogP contribution < -0.4 is 10.2 Å². The third-order valence-electron chi connectivity index (χ3n) is 4.35. The summed E-state index contributed by atoms with van der Waals surface area (Å²) in [5, 5.41) is 14.8. The Bertz CT molecular complexity index is 913. The first-order chi connectivity index (χ1) is 13.2. The lowest BCUT2D eigenvalue weighted by Gasteiger charge is -2.34. The van der Waals surface area contributed by atoms with E-state index in [0.29, 0.717) is 11.1 Å². The fraction of sp³-hybridized carbons (Fsp3) is 0.353. The van der Waals surface area contributed by atoms with Crippen LogP contribution in [0, 0.1) is 0 Å². The average molecular weight is 403 g/mol. The molecular formula is C17H18N6O2S2. The number of amides is 1. The number of thioether (sulfide) groups is 1. The number of piperidine rings is 1. The molecule has 1 aliphatic heterocycles. The van der Waals surface area contributed by atoms with Crippen molar-refractivity contribution in [3.63, 3.8) is 0 Å². The Morgan fingerprint density at radius 1 is 1.30 bits per heavy atom. The molecule has 0 aliphatic carbocycles. The molecule has 2 aromatic heterocycles. The predicted molar refractivity (Wildman–Crippen MR) is 104 cm³/mol. The van der Waals surface area contributed by atoms with Gasteiger partial charge in [-0.25, -0.2) is 0 Å². The minimum Gasteiger partial charge on any atom is -0.317 e. The van der Waals surface area contributed by atoms with Crippen LogP contribution >= 0.6 is 23.1 Å². The van der Waals surface area contributed by atoms with Gasteiger partial charge in [0.15, 0.2) is 4.34 Å². The molecular weight excluding hydrogens is 384 g/mol. The Hall–Kier alpha value is -2.46. The smallest absolute Gasteiger partial charge is 0.317 e. The third kappa shape index (κ3) is 3.96. The van der Waals surface area contributed by atoms with Crippen molar-refractivity contribution in [2.24, 2.45) is 0 Å². The molecule has 0 saturated carbocycles. The van der Waals surface area contributed by atoms with Gasteiger partial charge >= 0.3 is 6.01 Å². The van der Waals surface area contributed by atoms with Crippen LogP contribution in [-0.2, 0) is 0 Å². The Labute approximate surface area is 164 Å². The van der Waals surface area contributed by atoms with Gasteiger partial charge in [-0.05, 0) is 36.2 Å². The van der Waals surface area contributed by atoms with Crippen molar-refractivity contribution in [1.29, 1.82) is 0 Å². The van der Waals surface area contributed by atoms with Gasteiger partial charge in [0.05, 0.1) is 6.04 Å². The maximum absolute atomic E-state index is 12.4. The van der Waals surface area contributed by atoms with Gasteiger partial charge in [0.25, 0.3) is 11.7 Å². The van der Waals surface area contributed by atoms with Gasteiger partial charge < -0.3 is 9.42 Å². The molecule has 1 fully saturated rings. The SMILES string of the molecule is CSc1nnc(NC(=O)c2noc(N3CCCCC3c3ccccc3)n2)s1. The van der Waals surface area contributed by atoms with E-state index >= 15 is 0 Å². The van der Waals surface area contributed by atoms with Crippen LogP contribution in [0.1, 0.15) is 41.5 Å². The molecule has 0 radical (unpaired) electrons. The van der Waals surface area contributed by atoms with Crippen LogP contribution in [0.3, 0.4) is 0 Å². The number of hydrogen-bond donors (Lipinski definition) is 1. The highest BCUT2D eigenvalue weighted by Gasteiger charge is 2.29. The number of anilines is 2. The number of aromatic nitrogens is 4. The molecule has 1 saturated heterocycles. The second kappa shape index (κ2) is 8.05. The van der Waals surface area contributed by atoms with Crippen molar-refractivity contribution >= 4 is 40.2 Å². The molecule has 1 aromatic carbocycles. The van der Waals surface area contributed by atoms with Gasteiger partial charge in [-0.2, -0.15) is 4.98 Å². The van der Waals surface area contributed by atoms with E-state index in [-0.39, 0.29) is 11.9 Å². The van der Waals surface area contributed by atoms with Gasteiger partial charge in [-0.15, -0.1) is 10.2 Å². The van der Waals surface area contributed by atoms with Crippen LogP contribution in [0.2, 0.25) is 0 Å². The highest BCUT2D eigenvalue weighted by Crippen LogP contribution is 2.34. The minimum atomic E-state index is -0.456. The minimum absolute atomic E-state index is 0.0108. The molecule has 1 unspecified atom stereocenters. The zero-order valence-corrected chi connectivity index (χ0v) is 16.3. The molecule has 1 amide bonds. The predicted octanol–water partition coefficient (Wildman–Crippen LogP) is 3.63. The summed E-state index contributed by atoms with van der Waals surface area (Å²) in [7, 11) is 0. The highest BCUT2D eigenvalue weighted by molar-refractivity contribution is 8.00. The fourth-order valence-electron chi connectivity index (χ4n) is 3.10. The fourth-order valence-corrected chi connectivity index (χ4v) is 4.27. The van der Waals surface area contributed by atoms with Crippen molar-refractivity contribution in [2.75, 3.05) is 23.0 Å². The molecule has 1 N–H and O–H groups in total. The zero-order chi connectivity index (χ0) is 18.6. The average Bonchev–Trinajstić information content (AvgIpc) is 3.38. The second-order valence-electron chi connectivity index (χ2n) is 6.05. The summed E-state index contributed by atoms with van der Waals surface area (Å²) in [6, 6.07) is 10.8. The number of carbonyl (C=O) groups is 1. The summed E-state index contributed by atoms with van der Waals surface area (Å²) in [4.78, 5) is 18.8. The first kappa shape index (κ1) is 17.9. The lowest BCUT2D eigenvalue weighted by Crippen LogP contribution is -2.33. The first-order valence-electron chi connectivity index (χ1n) is 8.59. The van der Waals surface area contributed by atoms with E-state index < -0.39 is 5.91 Å². The van der Waals surface area contributed by atoms with Gasteiger partial charge in [-0.3, -0.25) is 10.1 Å². The molecule has 1 atom stereocenters. The zero-order valence-electron chi connectivity index (χ0n) is 14.7. The Morgan fingerprint density at radius 3 is 2.93 bits per heavy atom. The Morgan fingerprint density at radius 2 is 2.15 bits per heavy atom. The number of nitrogens with one attached hydrogen (secondary N) is 1. The van der Waals surface area contributed by atoms with Gasteiger partial charge in [0, 0.05) is 6.54 Å². The number of benzene rings is 1. The maximum atomic E-state index is 12.4. The van der Waals surface area contributed by atoms with Gasteiger partial charge in [0.2, 0.25) is 5.13 Å². The van der Waals surface area contributed by atoms with Crippen molar-refractivity contribution < 1.29 is 9.32 Å². The van der Waals surface area contributed by atoms with E-state index in [1.54, 1.807) is 0 Å². The number of hydrogen-bond acceptors (Lipinski definition) is 9. The molecule has 8 nitrogen and oxygen atoms in total. The largest absolute Gasteiger partial charge is 0.325 e. The van der Waals surface area contributed by atoms with Gasteiger partial charge in [-0.1, -0.05) is 53.4 Å². The lowest BCUT2D eigenvalue weighted by molar-refractivity contribution is 0.101. The van der Waals surface area contributed by atoms with E-state index in [9.17, 15) is 4.79 Å². The topological polar surface area (TPSA) is 97.0 Å². The Balaban J connectivity index is 1.51. The van der Waals surface area contributed by atoms with E-state index in [1.807, 2.05) is 24.5 Å². The normalized spacial score (nSPS) is 17.1. The molecule has 3 aromatic rings. The van der Waals surface area contributed by atoms with Crippen LogP contribution in [0.25, 0.3) is 0 Å². The summed E-state index contributed by atoms with van der Waals surface area (Å²) in [5.74, 6) is -0.467. The van der Waals surface area contributed by atoms with Crippen molar-refractivity contribution in [2.45, 2.75) is 29.6 Å². The number of rotatable bonds is 5. The third-order valence-corrected chi connectivity index (χ3v) is 6.17. The monoisotopic (exact) mass is 402 g/mol. The van der Waals surface area contributed by atoms with E-state index in [2.05, 4.69) is 42.7 Å². The number of carbonyl (C=O) groups excluding carboxylic acids is 1. The van der Waals surface area contributed by atoms with E-state index in [0.717, 1.165) is 30.1 Å².